The lowest BCUT2D eigenvalue weighted by Crippen LogP contribution is -2.55. The lowest BCUT2D eigenvalue weighted by Gasteiger charge is -2.39. The van der Waals surface area contributed by atoms with Crippen LogP contribution in [0.25, 0.3) is 0 Å². The molecule has 1 atom stereocenters. The van der Waals surface area contributed by atoms with Crippen LogP contribution in [0.3, 0.4) is 0 Å². The van der Waals surface area contributed by atoms with Gasteiger partial charge in [0, 0.05) is 37.9 Å². The van der Waals surface area contributed by atoms with Gasteiger partial charge in [-0.3, -0.25) is 0 Å². The van der Waals surface area contributed by atoms with Crippen molar-refractivity contribution in [3.8, 4) is 5.88 Å². The summed E-state index contributed by atoms with van der Waals surface area (Å²) in [6.45, 7) is 7.96. The monoisotopic (exact) mass is 265 g/mol. The summed E-state index contributed by atoms with van der Waals surface area (Å²) in [6.07, 6.45) is 0. The van der Waals surface area contributed by atoms with Crippen molar-refractivity contribution in [3.63, 3.8) is 0 Å². The van der Waals surface area contributed by atoms with Gasteiger partial charge in [0.2, 0.25) is 11.8 Å². The number of hydrogen-bond acceptors (Lipinski definition) is 6. The molecule has 6 heteroatoms. The van der Waals surface area contributed by atoms with Gasteiger partial charge in [0.05, 0.1) is 12.6 Å². The van der Waals surface area contributed by atoms with E-state index >= 15 is 0 Å². The SMILES string of the molecule is CCOc1cc(C)nc(N2CCN(C)CC2CN)n1. The van der Waals surface area contributed by atoms with Crippen LogP contribution in [-0.2, 0) is 0 Å². The maximum Gasteiger partial charge on any atom is 0.229 e. The number of nitrogens with two attached hydrogens (primary N) is 1. The van der Waals surface area contributed by atoms with Gasteiger partial charge in [-0.1, -0.05) is 0 Å². The van der Waals surface area contributed by atoms with Crippen molar-refractivity contribution >= 4 is 5.95 Å². The first-order chi connectivity index (χ1) is 9.13. The highest BCUT2D eigenvalue weighted by atomic mass is 16.5. The van der Waals surface area contributed by atoms with Crippen LogP contribution in [0.1, 0.15) is 12.6 Å². The zero-order valence-corrected chi connectivity index (χ0v) is 12.0. The van der Waals surface area contributed by atoms with Gasteiger partial charge in [-0.05, 0) is 20.9 Å². The minimum atomic E-state index is 0.259. The molecule has 0 aliphatic carbocycles. The molecule has 0 aromatic carbocycles. The van der Waals surface area contributed by atoms with E-state index in [1.165, 1.54) is 0 Å². The molecule has 2 heterocycles. The summed E-state index contributed by atoms with van der Waals surface area (Å²) in [6, 6.07) is 2.12. The number of anilines is 1. The highest BCUT2D eigenvalue weighted by molar-refractivity contribution is 5.37. The van der Waals surface area contributed by atoms with Gasteiger partial charge in [0.15, 0.2) is 0 Å². The van der Waals surface area contributed by atoms with E-state index in [-0.39, 0.29) is 6.04 Å². The van der Waals surface area contributed by atoms with Gasteiger partial charge >= 0.3 is 0 Å². The summed E-state index contributed by atoms with van der Waals surface area (Å²) in [7, 11) is 2.11. The van der Waals surface area contributed by atoms with E-state index in [0.29, 0.717) is 19.0 Å². The van der Waals surface area contributed by atoms with E-state index in [1.54, 1.807) is 0 Å². The minimum Gasteiger partial charge on any atom is -0.478 e. The molecule has 2 rings (SSSR count). The Morgan fingerprint density at radius 2 is 2.21 bits per heavy atom. The van der Waals surface area contributed by atoms with Crippen molar-refractivity contribution < 1.29 is 4.74 Å². The van der Waals surface area contributed by atoms with Crippen LogP contribution in [0, 0.1) is 6.92 Å². The van der Waals surface area contributed by atoms with Gasteiger partial charge in [0.25, 0.3) is 0 Å². The van der Waals surface area contributed by atoms with E-state index < -0.39 is 0 Å². The van der Waals surface area contributed by atoms with E-state index in [9.17, 15) is 0 Å². The summed E-state index contributed by atoms with van der Waals surface area (Å²) < 4.78 is 5.49. The van der Waals surface area contributed by atoms with Gasteiger partial charge in [-0.25, -0.2) is 4.98 Å². The topological polar surface area (TPSA) is 67.5 Å². The standard InChI is InChI=1S/C13H23N5O/c1-4-19-12-7-10(2)15-13(16-12)18-6-5-17(3)9-11(18)8-14/h7,11H,4-6,8-9,14H2,1-3H3. The zero-order valence-electron chi connectivity index (χ0n) is 12.0. The van der Waals surface area contributed by atoms with E-state index in [2.05, 4.69) is 26.8 Å². The number of hydrogen-bond donors (Lipinski definition) is 1. The van der Waals surface area contributed by atoms with Crippen LogP contribution in [0.15, 0.2) is 6.07 Å². The molecule has 1 aromatic heterocycles. The average Bonchev–Trinajstić information content (AvgIpc) is 2.38. The third kappa shape index (κ3) is 3.33. The van der Waals surface area contributed by atoms with Crippen LogP contribution >= 0.6 is 0 Å². The second-order valence-corrected chi connectivity index (χ2v) is 4.93. The molecular weight excluding hydrogens is 242 g/mol. The quantitative estimate of drug-likeness (QED) is 0.842. The summed E-state index contributed by atoms with van der Waals surface area (Å²) in [5.74, 6) is 1.37. The number of piperazine rings is 1. The first kappa shape index (κ1) is 14.0. The van der Waals surface area contributed by atoms with Crippen LogP contribution in [-0.4, -0.2) is 60.7 Å². The lowest BCUT2D eigenvalue weighted by molar-refractivity contribution is 0.266. The summed E-state index contributed by atoms with van der Waals surface area (Å²) in [5, 5.41) is 0. The molecule has 1 aromatic rings. The predicted molar refractivity (Wildman–Crippen MR) is 75.6 cm³/mol. The molecule has 1 saturated heterocycles. The molecule has 0 saturated carbocycles. The highest BCUT2D eigenvalue weighted by Gasteiger charge is 2.26. The number of ether oxygens (including phenoxy) is 1. The Labute approximate surface area is 114 Å². The number of aryl methyl sites for hydroxylation is 1. The third-order valence-electron chi connectivity index (χ3n) is 3.33. The fourth-order valence-corrected chi connectivity index (χ4v) is 2.35. The fourth-order valence-electron chi connectivity index (χ4n) is 2.35. The molecule has 0 radical (unpaired) electrons. The van der Waals surface area contributed by atoms with Gasteiger partial charge < -0.3 is 20.3 Å². The van der Waals surface area contributed by atoms with Gasteiger partial charge in [-0.15, -0.1) is 0 Å². The second-order valence-electron chi connectivity index (χ2n) is 4.93. The molecule has 106 valence electrons. The minimum absolute atomic E-state index is 0.259. The van der Waals surface area contributed by atoms with Gasteiger partial charge in [0.1, 0.15) is 0 Å². The van der Waals surface area contributed by atoms with Gasteiger partial charge in [-0.2, -0.15) is 4.98 Å². The smallest absolute Gasteiger partial charge is 0.229 e. The Hall–Kier alpha value is -1.40. The van der Waals surface area contributed by atoms with E-state index in [0.717, 1.165) is 31.3 Å². The molecule has 1 aliphatic heterocycles. The molecule has 0 amide bonds. The van der Waals surface area contributed by atoms with Crippen molar-refractivity contribution in [2.75, 3.05) is 44.7 Å². The predicted octanol–water partition coefficient (Wildman–Crippen LogP) is 0.263. The van der Waals surface area contributed by atoms with Crippen LogP contribution in [0.5, 0.6) is 5.88 Å². The van der Waals surface area contributed by atoms with Crippen LogP contribution in [0.2, 0.25) is 0 Å². The molecule has 1 fully saturated rings. The molecule has 0 bridgehead atoms. The van der Waals surface area contributed by atoms with Crippen molar-refractivity contribution in [3.05, 3.63) is 11.8 Å². The van der Waals surface area contributed by atoms with Crippen LogP contribution < -0.4 is 15.4 Å². The molecule has 0 spiro atoms. The lowest BCUT2D eigenvalue weighted by atomic mass is 10.2. The maximum absolute atomic E-state index is 5.87. The van der Waals surface area contributed by atoms with Crippen molar-refractivity contribution in [2.45, 2.75) is 19.9 Å². The Kier molecular flexibility index (Phi) is 4.55. The highest BCUT2D eigenvalue weighted by Crippen LogP contribution is 2.19. The molecule has 6 nitrogen and oxygen atoms in total. The number of aromatic nitrogens is 2. The third-order valence-corrected chi connectivity index (χ3v) is 3.33. The zero-order chi connectivity index (χ0) is 13.8. The Morgan fingerprint density at radius 1 is 1.42 bits per heavy atom. The maximum atomic E-state index is 5.87. The molecule has 2 N–H and O–H groups in total. The molecule has 1 aliphatic rings. The average molecular weight is 265 g/mol. The summed E-state index contributed by atoms with van der Waals surface area (Å²) in [5.41, 5.74) is 6.79. The molecular formula is C13H23N5O. The largest absolute Gasteiger partial charge is 0.478 e. The number of likely N-dealkylation sites (N-methyl/N-ethyl adjacent to an activating group) is 1. The van der Waals surface area contributed by atoms with Crippen molar-refractivity contribution in [1.29, 1.82) is 0 Å². The Morgan fingerprint density at radius 3 is 2.89 bits per heavy atom. The molecule has 1 unspecified atom stereocenters. The number of rotatable bonds is 4. The molecule has 19 heavy (non-hydrogen) atoms. The first-order valence-electron chi connectivity index (χ1n) is 6.77. The van der Waals surface area contributed by atoms with Crippen LogP contribution in [0.4, 0.5) is 5.95 Å². The Bertz CT molecular complexity index is 425. The van der Waals surface area contributed by atoms with E-state index in [4.69, 9.17) is 10.5 Å². The number of nitrogens with zero attached hydrogens (tertiary/aromatic N) is 4. The fraction of sp³-hybridized carbons (Fsp3) is 0.692. The van der Waals surface area contributed by atoms with Crippen molar-refractivity contribution in [1.82, 2.24) is 14.9 Å². The normalized spacial score (nSPS) is 20.6. The second kappa shape index (κ2) is 6.16. The Balaban J connectivity index is 2.24. The van der Waals surface area contributed by atoms with Crippen molar-refractivity contribution in [2.24, 2.45) is 5.73 Å². The first-order valence-corrected chi connectivity index (χ1v) is 6.77. The van der Waals surface area contributed by atoms with E-state index in [1.807, 2.05) is 19.9 Å². The summed E-state index contributed by atoms with van der Waals surface area (Å²) >= 11 is 0. The summed E-state index contributed by atoms with van der Waals surface area (Å²) in [4.78, 5) is 13.5.